The van der Waals surface area contributed by atoms with Crippen LogP contribution in [0, 0.1) is 11.2 Å². The Balaban J connectivity index is 1.52. The smallest absolute Gasteiger partial charge is 0.149 e. The predicted octanol–water partition coefficient (Wildman–Crippen LogP) is 5.91. The van der Waals surface area contributed by atoms with E-state index < -0.39 is 5.82 Å². The molecule has 0 radical (unpaired) electrons. The quantitative estimate of drug-likeness (QED) is 0.555. The van der Waals surface area contributed by atoms with Gasteiger partial charge in [-0.2, -0.15) is 0 Å². The standard InChI is InChI=1S/C23H30ClFN4O/c1-23(7-9-30-10-8-23)15-28-17-11-19(22(24)27-13-17)18-12-21(26-14-20(18)25)29-16-5-3-2-4-6-16/h11-14,16,28H,2-10,15H2,1H3,(H,26,29). The maximum Gasteiger partial charge on any atom is 0.149 e. The van der Waals surface area contributed by atoms with Crippen molar-refractivity contribution in [2.45, 2.75) is 57.9 Å². The lowest BCUT2D eigenvalue weighted by molar-refractivity contribution is 0.0300. The summed E-state index contributed by atoms with van der Waals surface area (Å²) in [6.45, 7) is 4.66. The minimum atomic E-state index is -0.401. The van der Waals surface area contributed by atoms with Gasteiger partial charge < -0.3 is 15.4 Å². The van der Waals surface area contributed by atoms with Crippen LogP contribution in [-0.4, -0.2) is 35.8 Å². The maximum atomic E-state index is 14.7. The Morgan fingerprint density at radius 1 is 1.10 bits per heavy atom. The molecule has 0 aromatic carbocycles. The number of nitrogens with zero attached hydrogens (tertiary/aromatic N) is 2. The van der Waals surface area contributed by atoms with Gasteiger partial charge in [0.1, 0.15) is 16.8 Å². The van der Waals surface area contributed by atoms with E-state index in [4.69, 9.17) is 16.3 Å². The first kappa shape index (κ1) is 21.3. The second kappa shape index (κ2) is 9.48. The number of hydrogen-bond donors (Lipinski definition) is 2. The molecule has 5 nitrogen and oxygen atoms in total. The highest BCUT2D eigenvalue weighted by atomic mass is 35.5. The number of rotatable bonds is 6. The van der Waals surface area contributed by atoms with E-state index in [0.29, 0.717) is 23.0 Å². The summed E-state index contributed by atoms with van der Waals surface area (Å²) in [5.74, 6) is 0.281. The maximum absolute atomic E-state index is 14.7. The Morgan fingerprint density at radius 3 is 2.63 bits per heavy atom. The molecule has 1 aliphatic carbocycles. The van der Waals surface area contributed by atoms with Gasteiger partial charge in [0.25, 0.3) is 0 Å². The Morgan fingerprint density at radius 2 is 1.87 bits per heavy atom. The summed E-state index contributed by atoms with van der Waals surface area (Å²) in [4.78, 5) is 8.54. The van der Waals surface area contributed by atoms with Crippen LogP contribution in [0.1, 0.15) is 51.9 Å². The van der Waals surface area contributed by atoms with Gasteiger partial charge in [0.15, 0.2) is 0 Å². The number of aromatic nitrogens is 2. The molecule has 1 saturated carbocycles. The van der Waals surface area contributed by atoms with Crippen LogP contribution >= 0.6 is 11.6 Å². The molecule has 3 heterocycles. The van der Waals surface area contributed by atoms with Crippen molar-refractivity contribution in [3.63, 3.8) is 0 Å². The fraction of sp³-hybridized carbons (Fsp3) is 0.565. The van der Waals surface area contributed by atoms with Crippen LogP contribution in [0.5, 0.6) is 0 Å². The van der Waals surface area contributed by atoms with Crippen molar-refractivity contribution < 1.29 is 9.13 Å². The fourth-order valence-corrected chi connectivity index (χ4v) is 4.48. The highest BCUT2D eigenvalue weighted by Crippen LogP contribution is 2.34. The molecule has 7 heteroatoms. The molecule has 0 spiro atoms. The molecule has 0 unspecified atom stereocenters. The molecule has 2 aromatic rings. The largest absolute Gasteiger partial charge is 0.383 e. The first-order valence-corrected chi connectivity index (χ1v) is 11.3. The average Bonchev–Trinajstić information content (AvgIpc) is 2.76. The summed E-state index contributed by atoms with van der Waals surface area (Å²) in [5.41, 5.74) is 2.00. The Labute approximate surface area is 182 Å². The van der Waals surface area contributed by atoms with E-state index in [-0.39, 0.29) is 10.6 Å². The van der Waals surface area contributed by atoms with Crippen LogP contribution in [0.25, 0.3) is 11.1 Å². The van der Waals surface area contributed by atoms with Gasteiger partial charge in [-0.1, -0.05) is 37.8 Å². The Bertz CT molecular complexity index is 866. The molecule has 162 valence electrons. The molecule has 1 saturated heterocycles. The molecule has 2 N–H and O–H groups in total. The molecule has 2 aliphatic rings. The van der Waals surface area contributed by atoms with E-state index in [0.717, 1.165) is 51.1 Å². The third-order valence-electron chi connectivity index (χ3n) is 6.36. The Hall–Kier alpha value is -1.92. The third-order valence-corrected chi connectivity index (χ3v) is 6.66. The average molecular weight is 433 g/mol. The lowest BCUT2D eigenvalue weighted by atomic mass is 9.82. The van der Waals surface area contributed by atoms with E-state index in [1.165, 1.54) is 25.5 Å². The topological polar surface area (TPSA) is 59.1 Å². The predicted molar refractivity (Wildman–Crippen MR) is 120 cm³/mol. The summed E-state index contributed by atoms with van der Waals surface area (Å²) in [7, 11) is 0. The van der Waals surface area contributed by atoms with E-state index in [2.05, 4.69) is 27.5 Å². The molecule has 2 aromatic heterocycles. The minimum Gasteiger partial charge on any atom is -0.383 e. The van der Waals surface area contributed by atoms with Gasteiger partial charge in [-0.25, -0.2) is 14.4 Å². The van der Waals surface area contributed by atoms with Crippen LogP contribution in [0.3, 0.4) is 0 Å². The van der Waals surface area contributed by atoms with E-state index in [9.17, 15) is 4.39 Å². The van der Waals surface area contributed by atoms with E-state index >= 15 is 0 Å². The van der Waals surface area contributed by atoms with Crippen LogP contribution in [0.2, 0.25) is 5.15 Å². The first-order chi connectivity index (χ1) is 14.5. The molecule has 30 heavy (non-hydrogen) atoms. The van der Waals surface area contributed by atoms with Crippen molar-refractivity contribution in [1.82, 2.24) is 9.97 Å². The number of halogens is 2. The van der Waals surface area contributed by atoms with Crippen LogP contribution < -0.4 is 10.6 Å². The van der Waals surface area contributed by atoms with E-state index in [1.807, 2.05) is 6.07 Å². The summed E-state index contributed by atoms with van der Waals surface area (Å²) >= 11 is 6.36. The van der Waals surface area contributed by atoms with Crippen molar-refractivity contribution in [3.05, 3.63) is 35.5 Å². The Kier molecular flexibility index (Phi) is 6.74. The number of nitrogens with one attached hydrogen (secondary N) is 2. The SMILES string of the molecule is CC1(CNc2cnc(Cl)c(-c3cc(NC4CCCCC4)ncc3F)c2)CCOCC1. The molecule has 1 aliphatic heterocycles. The van der Waals surface area contributed by atoms with Gasteiger partial charge in [-0.3, -0.25) is 0 Å². The molecule has 2 fully saturated rings. The monoisotopic (exact) mass is 432 g/mol. The van der Waals surface area contributed by atoms with Crippen molar-refractivity contribution >= 4 is 23.1 Å². The number of ether oxygens (including phenoxy) is 1. The van der Waals surface area contributed by atoms with Crippen molar-refractivity contribution in [3.8, 4) is 11.1 Å². The summed E-state index contributed by atoms with van der Waals surface area (Å²) in [5, 5.41) is 7.20. The van der Waals surface area contributed by atoms with Gasteiger partial charge in [-0.05, 0) is 43.2 Å². The number of pyridine rings is 2. The van der Waals surface area contributed by atoms with Gasteiger partial charge >= 0.3 is 0 Å². The molecule has 0 bridgehead atoms. The van der Waals surface area contributed by atoms with E-state index in [1.54, 1.807) is 12.3 Å². The van der Waals surface area contributed by atoms with Gasteiger partial charge in [0, 0.05) is 36.9 Å². The third kappa shape index (κ3) is 5.22. The highest BCUT2D eigenvalue weighted by Gasteiger charge is 2.27. The fourth-order valence-electron chi connectivity index (χ4n) is 4.27. The molecule has 4 rings (SSSR count). The lowest BCUT2D eigenvalue weighted by Crippen LogP contribution is -2.33. The molecule has 0 atom stereocenters. The zero-order valence-corrected chi connectivity index (χ0v) is 18.3. The van der Waals surface area contributed by atoms with Crippen molar-refractivity contribution in [1.29, 1.82) is 0 Å². The summed E-state index contributed by atoms with van der Waals surface area (Å²) < 4.78 is 20.1. The lowest BCUT2D eigenvalue weighted by Gasteiger charge is -2.33. The van der Waals surface area contributed by atoms with Gasteiger partial charge in [0.05, 0.1) is 18.1 Å². The second-order valence-electron chi connectivity index (χ2n) is 8.87. The highest BCUT2D eigenvalue weighted by molar-refractivity contribution is 6.32. The first-order valence-electron chi connectivity index (χ1n) is 10.9. The van der Waals surface area contributed by atoms with Gasteiger partial charge in [-0.15, -0.1) is 0 Å². The zero-order chi connectivity index (χ0) is 21.0. The molecular formula is C23H30ClFN4O. The van der Waals surface area contributed by atoms with Crippen LogP contribution in [-0.2, 0) is 4.74 Å². The second-order valence-corrected chi connectivity index (χ2v) is 9.23. The van der Waals surface area contributed by atoms with Crippen LogP contribution in [0.15, 0.2) is 24.5 Å². The van der Waals surface area contributed by atoms with Crippen molar-refractivity contribution in [2.24, 2.45) is 5.41 Å². The van der Waals surface area contributed by atoms with Gasteiger partial charge in [0.2, 0.25) is 0 Å². The zero-order valence-electron chi connectivity index (χ0n) is 17.5. The van der Waals surface area contributed by atoms with Crippen LogP contribution in [0.4, 0.5) is 15.9 Å². The summed E-state index contributed by atoms with van der Waals surface area (Å²) in [6.07, 6.45) is 11.0. The molecule has 0 amide bonds. The van der Waals surface area contributed by atoms with Crippen molar-refractivity contribution in [2.75, 3.05) is 30.4 Å². The summed E-state index contributed by atoms with van der Waals surface area (Å²) in [6, 6.07) is 4.02. The molecular weight excluding hydrogens is 403 g/mol. The number of hydrogen-bond acceptors (Lipinski definition) is 5. The normalized spacial score (nSPS) is 19.4. The minimum absolute atomic E-state index is 0.178. The number of anilines is 2.